The fraction of sp³-hybridized carbons (Fsp3) is 0.250. The fourth-order valence-electron chi connectivity index (χ4n) is 1.93. The Morgan fingerprint density at radius 3 is 2.81 bits per heavy atom. The highest BCUT2D eigenvalue weighted by molar-refractivity contribution is 5.72. The van der Waals surface area contributed by atoms with Gasteiger partial charge in [0.05, 0.1) is 19.2 Å². The van der Waals surface area contributed by atoms with E-state index in [4.69, 9.17) is 9.84 Å². The van der Waals surface area contributed by atoms with Crippen molar-refractivity contribution in [2.75, 3.05) is 6.61 Å². The number of ether oxygens (including phenoxy) is 1. The highest BCUT2D eigenvalue weighted by Gasteiger charge is 2.09. The van der Waals surface area contributed by atoms with E-state index in [-0.39, 0.29) is 12.0 Å². The summed E-state index contributed by atoms with van der Waals surface area (Å²) < 4.78 is 19.1. The second-order valence-corrected chi connectivity index (χ2v) is 4.63. The zero-order valence-electron chi connectivity index (χ0n) is 11.7. The molecule has 110 valence electrons. The number of rotatable bonds is 6. The topological polar surface area (TPSA) is 59.4 Å². The van der Waals surface area contributed by atoms with E-state index in [9.17, 15) is 9.18 Å². The molecular formula is C16H16FNO3. The van der Waals surface area contributed by atoms with Gasteiger partial charge in [0.2, 0.25) is 0 Å². The van der Waals surface area contributed by atoms with Crippen molar-refractivity contribution >= 4 is 5.97 Å². The third kappa shape index (κ3) is 4.02. The van der Waals surface area contributed by atoms with Crippen molar-refractivity contribution < 1.29 is 19.0 Å². The predicted molar refractivity (Wildman–Crippen MR) is 76.8 cm³/mol. The lowest BCUT2D eigenvalue weighted by Crippen LogP contribution is -2.02. The second-order valence-electron chi connectivity index (χ2n) is 4.63. The first-order valence-corrected chi connectivity index (χ1v) is 6.68. The average molecular weight is 289 g/mol. The summed E-state index contributed by atoms with van der Waals surface area (Å²) >= 11 is 0. The van der Waals surface area contributed by atoms with Crippen molar-refractivity contribution in [3.05, 3.63) is 48.0 Å². The van der Waals surface area contributed by atoms with Crippen LogP contribution in [0.5, 0.6) is 5.75 Å². The number of aromatic nitrogens is 1. The quantitative estimate of drug-likeness (QED) is 0.886. The molecule has 2 aromatic rings. The molecule has 1 N–H and O–H groups in total. The number of halogens is 1. The molecule has 0 unspecified atom stereocenters. The first-order valence-electron chi connectivity index (χ1n) is 6.68. The van der Waals surface area contributed by atoms with Crippen LogP contribution in [0.3, 0.4) is 0 Å². The molecule has 0 saturated carbocycles. The van der Waals surface area contributed by atoms with Crippen LogP contribution in [0.2, 0.25) is 0 Å². The number of carbonyl (C=O) groups is 1. The molecule has 0 saturated heterocycles. The first-order chi connectivity index (χ1) is 10.1. The summed E-state index contributed by atoms with van der Waals surface area (Å²) in [7, 11) is 0. The van der Waals surface area contributed by atoms with Crippen molar-refractivity contribution in [2.24, 2.45) is 0 Å². The first kappa shape index (κ1) is 15.0. The zero-order chi connectivity index (χ0) is 15.2. The molecule has 4 nitrogen and oxygen atoms in total. The molecule has 5 heteroatoms. The van der Waals surface area contributed by atoms with Crippen molar-refractivity contribution in [1.29, 1.82) is 0 Å². The molecule has 0 amide bonds. The molecule has 1 aromatic carbocycles. The van der Waals surface area contributed by atoms with E-state index >= 15 is 0 Å². The Labute approximate surface area is 122 Å². The fourth-order valence-corrected chi connectivity index (χ4v) is 1.93. The van der Waals surface area contributed by atoms with E-state index in [1.54, 1.807) is 24.5 Å². The maximum Gasteiger partial charge on any atom is 0.307 e. The Morgan fingerprint density at radius 1 is 1.29 bits per heavy atom. The smallest absolute Gasteiger partial charge is 0.307 e. The Kier molecular flexibility index (Phi) is 4.87. The van der Waals surface area contributed by atoms with E-state index in [1.807, 2.05) is 6.92 Å². The summed E-state index contributed by atoms with van der Waals surface area (Å²) in [6.07, 6.45) is 3.79. The molecular weight excluding hydrogens is 273 g/mol. The van der Waals surface area contributed by atoms with E-state index in [1.165, 1.54) is 12.1 Å². The van der Waals surface area contributed by atoms with Crippen LogP contribution < -0.4 is 4.74 Å². The van der Waals surface area contributed by atoms with Gasteiger partial charge in [-0.2, -0.15) is 0 Å². The molecule has 0 radical (unpaired) electrons. The number of carboxylic acids is 1. The van der Waals surface area contributed by atoms with Crippen LogP contribution in [-0.2, 0) is 11.2 Å². The monoisotopic (exact) mass is 289 g/mol. The van der Waals surface area contributed by atoms with Gasteiger partial charge in [0.1, 0.15) is 11.6 Å². The van der Waals surface area contributed by atoms with Crippen LogP contribution in [0.1, 0.15) is 18.9 Å². The largest absolute Gasteiger partial charge is 0.492 e. The molecule has 0 spiro atoms. The highest BCUT2D eigenvalue weighted by atomic mass is 19.1. The van der Waals surface area contributed by atoms with Gasteiger partial charge in [-0.3, -0.25) is 9.78 Å². The van der Waals surface area contributed by atoms with Gasteiger partial charge >= 0.3 is 5.97 Å². The summed E-state index contributed by atoms with van der Waals surface area (Å²) in [6.45, 7) is 2.61. The maximum absolute atomic E-state index is 13.6. The number of pyridine rings is 1. The van der Waals surface area contributed by atoms with Gasteiger partial charge in [0.25, 0.3) is 0 Å². The van der Waals surface area contributed by atoms with Crippen LogP contribution >= 0.6 is 0 Å². The molecule has 0 aliphatic rings. The lowest BCUT2D eigenvalue weighted by Gasteiger charge is -2.08. The number of carboxylic acid groups (broad SMARTS) is 1. The SMILES string of the molecule is CCCOc1cncc(-c2ccc(F)c(CC(=O)O)c2)c1. The van der Waals surface area contributed by atoms with Crippen LogP contribution in [0, 0.1) is 5.82 Å². The molecule has 0 fully saturated rings. The minimum Gasteiger partial charge on any atom is -0.492 e. The Hall–Kier alpha value is -2.43. The predicted octanol–water partition coefficient (Wildman–Crippen LogP) is 3.30. The molecule has 0 aliphatic heterocycles. The zero-order valence-corrected chi connectivity index (χ0v) is 11.7. The minimum absolute atomic E-state index is 0.153. The van der Waals surface area contributed by atoms with Gasteiger partial charge in [0.15, 0.2) is 0 Å². The number of benzene rings is 1. The van der Waals surface area contributed by atoms with Crippen molar-refractivity contribution in [3.63, 3.8) is 0 Å². The molecule has 0 atom stereocenters. The van der Waals surface area contributed by atoms with Gasteiger partial charge < -0.3 is 9.84 Å². The number of hydrogen-bond donors (Lipinski definition) is 1. The number of nitrogens with zero attached hydrogens (tertiary/aromatic N) is 1. The van der Waals surface area contributed by atoms with Crippen molar-refractivity contribution in [2.45, 2.75) is 19.8 Å². The Morgan fingerprint density at radius 2 is 2.10 bits per heavy atom. The lowest BCUT2D eigenvalue weighted by molar-refractivity contribution is -0.136. The average Bonchev–Trinajstić information content (AvgIpc) is 2.47. The Bertz CT molecular complexity index is 643. The van der Waals surface area contributed by atoms with Crippen LogP contribution in [0.4, 0.5) is 4.39 Å². The van der Waals surface area contributed by atoms with Crippen LogP contribution in [-0.4, -0.2) is 22.7 Å². The molecule has 0 bridgehead atoms. The summed E-state index contributed by atoms with van der Waals surface area (Å²) in [6, 6.07) is 6.21. The Balaban J connectivity index is 2.31. The summed E-state index contributed by atoms with van der Waals surface area (Å²) in [5, 5.41) is 8.80. The van der Waals surface area contributed by atoms with Crippen LogP contribution in [0.15, 0.2) is 36.7 Å². The summed E-state index contributed by atoms with van der Waals surface area (Å²) in [4.78, 5) is 14.8. The minimum atomic E-state index is -1.07. The van der Waals surface area contributed by atoms with Gasteiger partial charge in [-0.1, -0.05) is 13.0 Å². The normalized spacial score (nSPS) is 10.4. The summed E-state index contributed by atoms with van der Waals surface area (Å²) in [5.74, 6) is -0.949. The molecule has 1 aromatic heterocycles. The second kappa shape index (κ2) is 6.83. The molecule has 1 heterocycles. The molecule has 0 aliphatic carbocycles. The van der Waals surface area contributed by atoms with E-state index in [2.05, 4.69) is 4.98 Å². The van der Waals surface area contributed by atoms with Gasteiger partial charge in [-0.25, -0.2) is 4.39 Å². The number of aliphatic carboxylic acids is 1. The molecule has 2 rings (SSSR count). The van der Waals surface area contributed by atoms with Gasteiger partial charge in [-0.15, -0.1) is 0 Å². The lowest BCUT2D eigenvalue weighted by atomic mass is 10.0. The standard InChI is InChI=1S/C16H16FNO3/c1-2-5-21-14-7-13(9-18-10-14)11-3-4-15(17)12(6-11)8-16(19)20/h3-4,6-7,9-10H,2,5,8H2,1H3,(H,19,20). The van der Waals surface area contributed by atoms with Gasteiger partial charge in [-0.05, 0) is 35.7 Å². The van der Waals surface area contributed by atoms with Crippen molar-refractivity contribution in [1.82, 2.24) is 4.98 Å². The van der Waals surface area contributed by atoms with E-state index in [0.29, 0.717) is 17.9 Å². The van der Waals surface area contributed by atoms with E-state index in [0.717, 1.165) is 12.0 Å². The van der Waals surface area contributed by atoms with Gasteiger partial charge in [0, 0.05) is 11.8 Å². The highest BCUT2D eigenvalue weighted by Crippen LogP contribution is 2.25. The van der Waals surface area contributed by atoms with Crippen molar-refractivity contribution in [3.8, 4) is 16.9 Å². The summed E-state index contributed by atoms with van der Waals surface area (Å²) in [5.41, 5.74) is 1.62. The van der Waals surface area contributed by atoms with Crippen LogP contribution in [0.25, 0.3) is 11.1 Å². The van der Waals surface area contributed by atoms with E-state index < -0.39 is 11.8 Å². The number of hydrogen-bond acceptors (Lipinski definition) is 3. The maximum atomic E-state index is 13.6. The third-order valence-corrected chi connectivity index (χ3v) is 2.91. The molecule has 21 heavy (non-hydrogen) atoms. The third-order valence-electron chi connectivity index (χ3n) is 2.91.